The third kappa shape index (κ3) is 4.81. The Labute approximate surface area is 170 Å². The minimum atomic E-state index is -0.249. The summed E-state index contributed by atoms with van der Waals surface area (Å²) in [5.41, 5.74) is 2.25. The van der Waals surface area contributed by atoms with Crippen molar-refractivity contribution in [3.05, 3.63) is 66.2 Å². The van der Waals surface area contributed by atoms with Crippen LogP contribution in [0.5, 0.6) is 0 Å². The number of benzene rings is 2. The maximum Gasteiger partial charge on any atom is 0.233 e. The van der Waals surface area contributed by atoms with Gasteiger partial charge >= 0.3 is 0 Å². The van der Waals surface area contributed by atoms with Crippen molar-refractivity contribution in [1.29, 1.82) is 0 Å². The van der Waals surface area contributed by atoms with E-state index in [0.717, 1.165) is 23.1 Å². The van der Waals surface area contributed by atoms with E-state index in [4.69, 9.17) is 0 Å². The number of nitrogens with zero attached hydrogens (tertiary/aromatic N) is 3. The SMILES string of the molecule is CCn1c(SC(C)C(=O)NCC(C)c2ccccc2)nnc1-c1ccccc1. The molecule has 5 nitrogen and oxygen atoms in total. The summed E-state index contributed by atoms with van der Waals surface area (Å²) >= 11 is 1.44. The van der Waals surface area contributed by atoms with Crippen molar-refractivity contribution in [2.75, 3.05) is 6.54 Å². The van der Waals surface area contributed by atoms with E-state index in [9.17, 15) is 4.79 Å². The van der Waals surface area contributed by atoms with E-state index in [2.05, 4.69) is 46.1 Å². The molecule has 0 aliphatic carbocycles. The molecular formula is C22H26N4OS. The van der Waals surface area contributed by atoms with E-state index in [1.54, 1.807) is 0 Å². The van der Waals surface area contributed by atoms with Gasteiger partial charge in [-0.3, -0.25) is 4.79 Å². The number of amides is 1. The molecule has 1 heterocycles. The highest BCUT2D eigenvalue weighted by Crippen LogP contribution is 2.26. The number of carbonyl (C=O) groups is 1. The Morgan fingerprint density at radius 2 is 1.68 bits per heavy atom. The van der Waals surface area contributed by atoms with E-state index >= 15 is 0 Å². The monoisotopic (exact) mass is 394 g/mol. The lowest BCUT2D eigenvalue weighted by Gasteiger charge is -2.16. The summed E-state index contributed by atoms with van der Waals surface area (Å²) in [6, 6.07) is 20.2. The van der Waals surface area contributed by atoms with Crippen LogP contribution in [0.15, 0.2) is 65.8 Å². The molecular weight excluding hydrogens is 368 g/mol. The number of hydrogen-bond donors (Lipinski definition) is 1. The van der Waals surface area contributed by atoms with Crippen LogP contribution in [0.2, 0.25) is 0 Å². The van der Waals surface area contributed by atoms with E-state index < -0.39 is 0 Å². The summed E-state index contributed by atoms with van der Waals surface area (Å²) in [6.07, 6.45) is 0. The van der Waals surface area contributed by atoms with Crippen molar-refractivity contribution in [2.24, 2.45) is 0 Å². The molecule has 0 radical (unpaired) electrons. The van der Waals surface area contributed by atoms with Crippen molar-refractivity contribution in [2.45, 2.75) is 43.6 Å². The van der Waals surface area contributed by atoms with Gasteiger partial charge in [0.15, 0.2) is 11.0 Å². The summed E-state index contributed by atoms with van der Waals surface area (Å²) in [4.78, 5) is 12.6. The average Bonchev–Trinajstić information content (AvgIpc) is 3.15. The van der Waals surface area contributed by atoms with Gasteiger partial charge in [0.05, 0.1) is 5.25 Å². The van der Waals surface area contributed by atoms with Crippen LogP contribution in [0.4, 0.5) is 0 Å². The Kier molecular flexibility index (Phi) is 6.87. The zero-order valence-corrected chi connectivity index (χ0v) is 17.3. The summed E-state index contributed by atoms with van der Waals surface area (Å²) in [5.74, 6) is 1.11. The number of rotatable bonds is 8. The molecule has 6 heteroatoms. The van der Waals surface area contributed by atoms with Crippen molar-refractivity contribution >= 4 is 17.7 Å². The first kappa shape index (κ1) is 20.1. The number of carbonyl (C=O) groups excluding carboxylic acids is 1. The Hall–Kier alpha value is -2.60. The molecule has 2 aromatic carbocycles. The first-order valence-corrected chi connectivity index (χ1v) is 10.5. The van der Waals surface area contributed by atoms with Gasteiger partial charge in [0.1, 0.15) is 0 Å². The first-order chi connectivity index (χ1) is 13.6. The molecule has 1 aromatic heterocycles. The highest BCUT2D eigenvalue weighted by Gasteiger charge is 2.20. The molecule has 0 spiro atoms. The molecule has 1 N–H and O–H groups in total. The van der Waals surface area contributed by atoms with Crippen LogP contribution in [0.3, 0.4) is 0 Å². The van der Waals surface area contributed by atoms with E-state index in [1.165, 1.54) is 17.3 Å². The Morgan fingerprint density at radius 1 is 1.04 bits per heavy atom. The molecule has 146 valence electrons. The second-order valence-corrected chi connectivity index (χ2v) is 8.04. The van der Waals surface area contributed by atoms with Crippen LogP contribution in [-0.4, -0.2) is 32.5 Å². The van der Waals surface area contributed by atoms with Crippen LogP contribution in [0.25, 0.3) is 11.4 Å². The van der Waals surface area contributed by atoms with Gasteiger partial charge in [-0.2, -0.15) is 0 Å². The molecule has 1 amide bonds. The largest absolute Gasteiger partial charge is 0.355 e. The normalized spacial score (nSPS) is 13.1. The van der Waals surface area contributed by atoms with Gasteiger partial charge in [-0.15, -0.1) is 10.2 Å². The third-order valence-corrected chi connectivity index (χ3v) is 5.75. The molecule has 3 rings (SSSR count). The van der Waals surface area contributed by atoms with Crippen LogP contribution in [0, 0.1) is 0 Å². The number of thioether (sulfide) groups is 1. The van der Waals surface area contributed by atoms with Crippen molar-refractivity contribution < 1.29 is 4.79 Å². The van der Waals surface area contributed by atoms with Gasteiger partial charge in [-0.05, 0) is 25.3 Å². The lowest BCUT2D eigenvalue weighted by molar-refractivity contribution is -0.120. The Balaban J connectivity index is 1.62. The van der Waals surface area contributed by atoms with Crippen molar-refractivity contribution in [3.8, 4) is 11.4 Å². The van der Waals surface area contributed by atoms with E-state index in [-0.39, 0.29) is 17.1 Å². The predicted molar refractivity (Wildman–Crippen MR) is 114 cm³/mol. The molecule has 3 aromatic rings. The standard InChI is InChI=1S/C22H26N4OS/c1-4-26-20(19-13-9-6-10-14-19)24-25-22(26)28-17(3)21(27)23-15-16(2)18-11-7-5-8-12-18/h5-14,16-17H,4,15H2,1-3H3,(H,23,27). The minimum absolute atomic E-state index is 0.0136. The molecule has 0 bridgehead atoms. The maximum atomic E-state index is 12.6. The highest BCUT2D eigenvalue weighted by atomic mass is 32.2. The summed E-state index contributed by atoms with van der Waals surface area (Å²) < 4.78 is 2.05. The van der Waals surface area contributed by atoms with Gasteiger partial charge < -0.3 is 9.88 Å². The maximum absolute atomic E-state index is 12.6. The van der Waals surface area contributed by atoms with Crippen LogP contribution in [0.1, 0.15) is 32.3 Å². The molecule has 0 aliphatic rings. The zero-order chi connectivity index (χ0) is 19.9. The number of nitrogens with one attached hydrogen (secondary N) is 1. The highest BCUT2D eigenvalue weighted by molar-refractivity contribution is 8.00. The lowest BCUT2D eigenvalue weighted by Crippen LogP contribution is -2.33. The zero-order valence-electron chi connectivity index (χ0n) is 16.5. The fourth-order valence-electron chi connectivity index (χ4n) is 2.97. The average molecular weight is 395 g/mol. The summed E-state index contributed by atoms with van der Waals surface area (Å²) in [7, 11) is 0. The van der Waals surface area contributed by atoms with Crippen molar-refractivity contribution in [3.63, 3.8) is 0 Å². The van der Waals surface area contributed by atoms with Gasteiger partial charge in [-0.25, -0.2) is 0 Å². The van der Waals surface area contributed by atoms with Gasteiger partial charge in [0.2, 0.25) is 5.91 Å². The smallest absolute Gasteiger partial charge is 0.233 e. The molecule has 2 atom stereocenters. The minimum Gasteiger partial charge on any atom is -0.355 e. The summed E-state index contributed by atoms with van der Waals surface area (Å²) in [5, 5.41) is 12.2. The third-order valence-electron chi connectivity index (χ3n) is 4.67. The van der Waals surface area contributed by atoms with Gasteiger partial charge in [0, 0.05) is 18.7 Å². The van der Waals surface area contributed by atoms with E-state index in [0.29, 0.717) is 6.54 Å². The van der Waals surface area contributed by atoms with Crippen LogP contribution < -0.4 is 5.32 Å². The van der Waals surface area contributed by atoms with Crippen LogP contribution in [-0.2, 0) is 11.3 Å². The molecule has 0 aliphatic heterocycles. The second-order valence-electron chi connectivity index (χ2n) is 6.73. The quantitative estimate of drug-likeness (QED) is 0.577. The Bertz CT molecular complexity index is 895. The second kappa shape index (κ2) is 9.55. The van der Waals surface area contributed by atoms with E-state index in [1.807, 2.05) is 55.5 Å². The van der Waals surface area contributed by atoms with Gasteiger partial charge in [0.25, 0.3) is 0 Å². The first-order valence-electron chi connectivity index (χ1n) is 9.58. The topological polar surface area (TPSA) is 59.8 Å². The lowest BCUT2D eigenvalue weighted by atomic mass is 10.0. The van der Waals surface area contributed by atoms with Gasteiger partial charge in [-0.1, -0.05) is 79.3 Å². The fourth-order valence-corrected chi connectivity index (χ4v) is 3.91. The molecule has 2 unspecified atom stereocenters. The predicted octanol–water partition coefficient (Wildman–Crippen LogP) is 4.37. The Morgan fingerprint density at radius 3 is 2.32 bits per heavy atom. The summed E-state index contributed by atoms with van der Waals surface area (Å²) in [6.45, 7) is 7.45. The molecule has 28 heavy (non-hydrogen) atoms. The van der Waals surface area contributed by atoms with Crippen LogP contribution >= 0.6 is 11.8 Å². The fraction of sp³-hybridized carbons (Fsp3) is 0.318. The molecule has 0 fully saturated rings. The molecule has 0 saturated carbocycles. The molecule has 0 saturated heterocycles. The number of hydrogen-bond acceptors (Lipinski definition) is 4. The van der Waals surface area contributed by atoms with Crippen molar-refractivity contribution in [1.82, 2.24) is 20.1 Å². The number of aromatic nitrogens is 3.